The molecular formula is C25H21N3O3. The van der Waals surface area contributed by atoms with E-state index < -0.39 is 17.9 Å². The topological polar surface area (TPSA) is 57.8 Å². The summed E-state index contributed by atoms with van der Waals surface area (Å²) in [4.78, 5) is 12.0. The second-order valence-corrected chi connectivity index (χ2v) is 8.79. The average molecular weight is 411 g/mol. The van der Waals surface area contributed by atoms with E-state index in [0.717, 1.165) is 27.5 Å². The lowest BCUT2D eigenvalue weighted by atomic mass is 9.93. The van der Waals surface area contributed by atoms with E-state index >= 15 is 0 Å². The smallest absolute Gasteiger partial charge is 0.173 e. The third kappa shape index (κ3) is 1.91. The molecule has 1 saturated heterocycles. The van der Waals surface area contributed by atoms with Gasteiger partial charge in [-0.1, -0.05) is 53.7 Å². The van der Waals surface area contributed by atoms with Crippen LogP contribution in [0.5, 0.6) is 0 Å². The van der Waals surface area contributed by atoms with E-state index in [1.165, 1.54) is 16.2 Å². The number of nitrogens with zero attached hydrogens (tertiary/aromatic N) is 3. The van der Waals surface area contributed by atoms with Crippen LogP contribution >= 0.6 is 0 Å². The van der Waals surface area contributed by atoms with Gasteiger partial charge in [0, 0.05) is 35.1 Å². The van der Waals surface area contributed by atoms with Crippen molar-refractivity contribution in [1.82, 2.24) is 9.13 Å². The Morgan fingerprint density at radius 2 is 1.58 bits per heavy atom. The summed E-state index contributed by atoms with van der Waals surface area (Å²) in [6.07, 6.45) is -0.331. The highest BCUT2D eigenvalue weighted by Crippen LogP contribution is 2.51. The largest absolute Gasteiger partial charge is 0.374 e. The molecular weight excluding hydrogens is 390 g/mol. The highest BCUT2D eigenvalue weighted by molar-refractivity contribution is 6.22. The van der Waals surface area contributed by atoms with Crippen molar-refractivity contribution >= 4 is 43.6 Å². The summed E-state index contributed by atoms with van der Waals surface area (Å²) in [6, 6.07) is 20.7. The van der Waals surface area contributed by atoms with Crippen molar-refractivity contribution in [1.29, 1.82) is 0 Å². The zero-order chi connectivity index (χ0) is 20.9. The quantitative estimate of drug-likeness (QED) is 0.352. The van der Waals surface area contributed by atoms with E-state index in [0.29, 0.717) is 6.42 Å². The molecule has 0 radical (unpaired) electrons. The highest BCUT2D eigenvalue weighted by atomic mass is 16.6. The van der Waals surface area contributed by atoms with Crippen molar-refractivity contribution in [2.24, 2.45) is 5.18 Å². The second-order valence-electron chi connectivity index (χ2n) is 8.79. The predicted octanol–water partition coefficient (Wildman–Crippen LogP) is 5.66. The molecule has 6 heteroatoms. The number of aromatic nitrogens is 2. The van der Waals surface area contributed by atoms with E-state index in [-0.39, 0.29) is 6.23 Å². The molecule has 5 aromatic rings. The fourth-order valence-electron chi connectivity index (χ4n) is 6.18. The number of ether oxygens (including phenoxy) is 2. The summed E-state index contributed by atoms with van der Waals surface area (Å²) < 4.78 is 17.3. The maximum Gasteiger partial charge on any atom is 0.173 e. The van der Waals surface area contributed by atoms with Crippen LogP contribution in [0.3, 0.4) is 0 Å². The summed E-state index contributed by atoms with van der Waals surface area (Å²) in [7, 11) is 1.64. The highest BCUT2D eigenvalue weighted by Gasteiger charge is 2.53. The lowest BCUT2D eigenvalue weighted by molar-refractivity contribution is -0.252. The van der Waals surface area contributed by atoms with E-state index in [4.69, 9.17) is 9.47 Å². The number of rotatable bonds is 2. The van der Waals surface area contributed by atoms with Crippen LogP contribution in [-0.2, 0) is 15.2 Å². The summed E-state index contributed by atoms with van der Waals surface area (Å²) in [5.41, 5.74) is 3.56. The summed E-state index contributed by atoms with van der Waals surface area (Å²) >= 11 is 0. The van der Waals surface area contributed by atoms with E-state index in [9.17, 15) is 4.91 Å². The normalized spacial score (nSPS) is 27.5. The molecule has 7 rings (SSSR count). The van der Waals surface area contributed by atoms with Crippen molar-refractivity contribution in [2.45, 2.75) is 37.4 Å². The van der Waals surface area contributed by atoms with Gasteiger partial charge in [0.1, 0.15) is 18.4 Å². The summed E-state index contributed by atoms with van der Waals surface area (Å²) in [5, 5.41) is 8.22. The van der Waals surface area contributed by atoms with Crippen LogP contribution in [0, 0.1) is 4.91 Å². The van der Waals surface area contributed by atoms with Crippen LogP contribution in [0.1, 0.15) is 19.6 Å². The molecule has 3 aromatic carbocycles. The van der Waals surface area contributed by atoms with Gasteiger partial charge in [-0.05, 0) is 19.1 Å². The lowest BCUT2D eigenvalue weighted by Gasteiger charge is -2.46. The first-order valence-electron chi connectivity index (χ1n) is 10.7. The first kappa shape index (κ1) is 17.5. The maximum atomic E-state index is 12.0. The Kier molecular flexibility index (Phi) is 3.22. The fraction of sp³-hybridized carbons (Fsp3) is 0.280. The fourth-order valence-corrected chi connectivity index (χ4v) is 6.18. The van der Waals surface area contributed by atoms with Gasteiger partial charge in [0.2, 0.25) is 0 Å². The predicted molar refractivity (Wildman–Crippen MR) is 121 cm³/mol. The molecule has 2 aromatic heterocycles. The number of hydrogen-bond acceptors (Lipinski definition) is 4. The Labute approximate surface area is 177 Å². The molecule has 0 saturated carbocycles. The minimum atomic E-state index is -0.883. The first-order valence-corrected chi connectivity index (χ1v) is 10.7. The molecule has 1 fully saturated rings. The third-order valence-corrected chi connectivity index (χ3v) is 7.32. The molecule has 0 spiro atoms. The zero-order valence-corrected chi connectivity index (χ0v) is 17.3. The van der Waals surface area contributed by atoms with Gasteiger partial charge in [0.25, 0.3) is 0 Å². The van der Waals surface area contributed by atoms with Crippen molar-refractivity contribution < 1.29 is 9.47 Å². The molecule has 4 atom stereocenters. The van der Waals surface area contributed by atoms with Crippen molar-refractivity contribution in [3.8, 4) is 0 Å². The van der Waals surface area contributed by atoms with Crippen molar-refractivity contribution in [3.05, 3.63) is 65.6 Å². The Hall–Kier alpha value is -3.22. The number of para-hydroxylation sites is 2. The molecule has 154 valence electrons. The zero-order valence-electron chi connectivity index (χ0n) is 17.3. The molecule has 3 unspecified atom stereocenters. The number of fused-ring (bicyclic) bond motifs is 10. The van der Waals surface area contributed by atoms with Crippen LogP contribution in [0.15, 0.2) is 65.8 Å². The molecule has 0 aliphatic carbocycles. The molecule has 0 N–H and O–H groups in total. The van der Waals surface area contributed by atoms with Crippen molar-refractivity contribution in [3.63, 3.8) is 0 Å². The van der Waals surface area contributed by atoms with E-state index in [1.54, 1.807) is 7.11 Å². The molecule has 4 heterocycles. The van der Waals surface area contributed by atoms with Gasteiger partial charge in [-0.3, -0.25) is 0 Å². The monoisotopic (exact) mass is 411 g/mol. The molecule has 2 bridgehead atoms. The minimum absolute atomic E-state index is 0.314. The Balaban J connectivity index is 1.79. The number of benzene rings is 3. The van der Waals surface area contributed by atoms with Crippen LogP contribution in [0.2, 0.25) is 0 Å². The molecule has 2 aliphatic rings. The van der Waals surface area contributed by atoms with Gasteiger partial charge in [-0.15, -0.1) is 0 Å². The second kappa shape index (κ2) is 5.72. The van der Waals surface area contributed by atoms with Crippen LogP contribution in [0.4, 0.5) is 0 Å². The Morgan fingerprint density at radius 3 is 2.29 bits per heavy atom. The average Bonchev–Trinajstić information content (AvgIpc) is 3.29. The number of hydrogen-bond donors (Lipinski definition) is 0. The first-order chi connectivity index (χ1) is 15.2. The van der Waals surface area contributed by atoms with Crippen LogP contribution < -0.4 is 0 Å². The molecule has 6 nitrogen and oxygen atoms in total. The molecule has 0 amide bonds. The van der Waals surface area contributed by atoms with Gasteiger partial charge in [-0.25, -0.2) is 0 Å². The Morgan fingerprint density at radius 1 is 0.935 bits per heavy atom. The third-order valence-electron chi connectivity index (χ3n) is 7.32. The maximum absolute atomic E-state index is 12.0. The van der Waals surface area contributed by atoms with Gasteiger partial charge >= 0.3 is 0 Å². The van der Waals surface area contributed by atoms with Gasteiger partial charge in [0.05, 0.1) is 22.1 Å². The SMILES string of the molecule is COC1C(N=O)CC2O[C@]1(C)n1c3ccccc3c3ccc4c5ccccc5n2c4c31. The number of methoxy groups -OCH3 is 1. The standard InChI is InChI=1S/C25H21N3O3/c1-25-24(30-2)18(26-29)13-21(31-25)27-19-9-5-3-7-14(19)16-11-12-17-15-8-4-6-10-20(15)28(25)23(17)22(16)27/h3-12,18,21,24H,13H2,1-2H3/t18?,21?,24?,25-/m0/s1. The minimum Gasteiger partial charge on any atom is -0.374 e. The van der Waals surface area contributed by atoms with Crippen molar-refractivity contribution in [2.75, 3.05) is 7.11 Å². The van der Waals surface area contributed by atoms with E-state index in [1.807, 2.05) is 13.0 Å². The van der Waals surface area contributed by atoms with Crippen LogP contribution in [0.25, 0.3) is 43.6 Å². The molecule has 2 aliphatic heterocycles. The van der Waals surface area contributed by atoms with Gasteiger partial charge in [0.15, 0.2) is 5.72 Å². The Bertz CT molecular complexity index is 1550. The van der Waals surface area contributed by atoms with Gasteiger partial charge < -0.3 is 18.6 Å². The van der Waals surface area contributed by atoms with E-state index in [2.05, 4.69) is 68.9 Å². The summed E-state index contributed by atoms with van der Waals surface area (Å²) in [6.45, 7) is 2.03. The van der Waals surface area contributed by atoms with Gasteiger partial charge in [-0.2, -0.15) is 4.91 Å². The summed E-state index contributed by atoms with van der Waals surface area (Å²) in [5.74, 6) is 0. The molecule has 31 heavy (non-hydrogen) atoms. The lowest BCUT2D eigenvalue weighted by Crippen LogP contribution is -2.55. The van der Waals surface area contributed by atoms with Crippen LogP contribution in [-0.4, -0.2) is 28.4 Å². The number of nitroso groups, excluding NO2 is 1.